The van der Waals surface area contributed by atoms with E-state index < -0.39 is 24.2 Å². The molecule has 0 heterocycles. The first-order valence-electron chi connectivity index (χ1n) is 21.5. The van der Waals surface area contributed by atoms with Crippen LogP contribution in [0.1, 0.15) is 232 Å². The Labute approximate surface area is 299 Å². The number of hydrogen-bond donors (Lipinski definition) is 4. The van der Waals surface area contributed by atoms with Gasteiger partial charge in [0.15, 0.2) is 0 Å². The molecule has 0 radical (unpaired) electrons. The van der Waals surface area contributed by atoms with Crippen molar-refractivity contribution in [2.75, 3.05) is 6.61 Å². The Bertz CT molecular complexity index is 669. The van der Waals surface area contributed by atoms with Crippen molar-refractivity contribution in [1.29, 1.82) is 0 Å². The third-order valence-corrected chi connectivity index (χ3v) is 10.1. The van der Waals surface area contributed by atoms with Gasteiger partial charge in [0.25, 0.3) is 0 Å². The predicted molar refractivity (Wildman–Crippen MR) is 208 cm³/mol. The van der Waals surface area contributed by atoms with Crippen molar-refractivity contribution >= 4 is 5.91 Å². The van der Waals surface area contributed by atoms with E-state index in [1.165, 1.54) is 180 Å². The standard InChI is InChI=1S/C43H85NO4/c1-3-5-7-9-11-13-15-16-17-18-19-20-21-22-23-24-25-26-28-29-31-33-35-37-41(46)40(39-45)44-43(48)42(47)38-36-34-32-30-27-14-12-10-8-6-4-2/h35,37,40-42,45-47H,3-34,36,38-39H2,1-2H3,(H,44,48)/b37-35+. The second kappa shape index (κ2) is 38.9. The van der Waals surface area contributed by atoms with Crippen LogP contribution >= 0.6 is 0 Å². The molecule has 0 aliphatic heterocycles. The maximum Gasteiger partial charge on any atom is 0.249 e. The van der Waals surface area contributed by atoms with Gasteiger partial charge in [0, 0.05) is 0 Å². The lowest BCUT2D eigenvalue weighted by atomic mass is 10.0. The van der Waals surface area contributed by atoms with Crippen molar-refractivity contribution in [3.8, 4) is 0 Å². The lowest BCUT2D eigenvalue weighted by molar-refractivity contribution is -0.131. The van der Waals surface area contributed by atoms with Crippen molar-refractivity contribution in [1.82, 2.24) is 5.32 Å². The van der Waals surface area contributed by atoms with Crippen LogP contribution in [0.4, 0.5) is 0 Å². The molecule has 3 atom stereocenters. The third-order valence-electron chi connectivity index (χ3n) is 10.1. The van der Waals surface area contributed by atoms with E-state index in [0.29, 0.717) is 6.42 Å². The van der Waals surface area contributed by atoms with Gasteiger partial charge < -0.3 is 20.6 Å². The number of allylic oxidation sites excluding steroid dienone is 1. The van der Waals surface area contributed by atoms with Gasteiger partial charge in [-0.25, -0.2) is 0 Å². The molecule has 0 aromatic rings. The normalized spacial score (nSPS) is 13.7. The van der Waals surface area contributed by atoms with Crippen molar-refractivity contribution in [3.63, 3.8) is 0 Å². The maximum atomic E-state index is 12.4. The number of rotatable bonds is 39. The van der Waals surface area contributed by atoms with Gasteiger partial charge in [0.2, 0.25) is 5.91 Å². The van der Waals surface area contributed by atoms with E-state index in [1.54, 1.807) is 6.08 Å². The van der Waals surface area contributed by atoms with Gasteiger partial charge in [0.1, 0.15) is 6.10 Å². The van der Waals surface area contributed by atoms with Gasteiger partial charge in [-0.3, -0.25) is 4.79 Å². The Morgan fingerprint density at radius 2 is 0.812 bits per heavy atom. The van der Waals surface area contributed by atoms with E-state index >= 15 is 0 Å². The number of carbonyl (C=O) groups is 1. The Kier molecular flexibility index (Phi) is 38.1. The fourth-order valence-corrected chi connectivity index (χ4v) is 6.71. The first-order valence-corrected chi connectivity index (χ1v) is 21.5. The number of hydrogen-bond acceptors (Lipinski definition) is 4. The number of aliphatic hydroxyl groups is 3. The zero-order valence-corrected chi connectivity index (χ0v) is 32.4. The van der Waals surface area contributed by atoms with Crippen LogP contribution in [0.3, 0.4) is 0 Å². The first kappa shape index (κ1) is 47.1. The van der Waals surface area contributed by atoms with E-state index in [0.717, 1.165) is 32.1 Å². The molecule has 0 aliphatic carbocycles. The first-order chi connectivity index (χ1) is 23.6. The number of aliphatic hydroxyl groups excluding tert-OH is 3. The molecule has 5 heteroatoms. The predicted octanol–water partition coefficient (Wildman–Crippen LogP) is 12.0. The van der Waals surface area contributed by atoms with Crippen LogP contribution in [-0.2, 0) is 4.79 Å². The molecule has 0 aromatic heterocycles. The van der Waals surface area contributed by atoms with Gasteiger partial charge in [0.05, 0.1) is 18.8 Å². The Morgan fingerprint density at radius 3 is 1.15 bits per heavy atom. The van der Waals surface area contributed by atoms with Crippen molar-refractivity contribution in [3.05, 3.63) is 12.2 Å². The maximum absolute atomic E-state index is 12.4. The SMILES string of the molecule is CCCCCCCCCCCCCCCCCCCCCCC/C=C/C(O)C(CO)NC(=O)C(O)CCCCCCCCCCCCC. The topological polar surface area (TPSA) is 89.8 Å². The molecule has 286 valence electrons. The highest BCUT2D eigenvalue weighted by molar-refractivity contribution is 5.80. The Hall–Kier alpha value is -0.910. The van der Waals surface area contributed by atoms with E-state index in [1.807, 2.05) is 6.08 Å². The minimum atomic E-state index is -1.09. The molecule has 48 heavy (non-hydrogen) atoms. The minimum Gasteiger partial charge on any atom is -0.394 e. The summed E-state index contributed by atoms with van der Waals surface area (Å²) in [5.74, 6) is -0.502. The molecule has 0 aliphatic rings. The molecule has 0 saturated carbocycles. The summed E-state index contributed by atoms with van der Waals surface area (Å²) in [6.07, 6.45) is 45.3. The van der Waals surface area contributed by atoms with Crippen LogP contribution in [-0.4, -0.2) is 46.1 Å². The third kappa shape index (κ3) is 33.6. The summed E-state index contributed by atoms with van der Waals surface area (Å²) >= 11 is 0. The summed E-state index contributed by atoms with van der Waals surface area (Å²) in [7, 11) is 0. The van der Waals surface area contributed by atoms with Gasteiger partial charge in [-0.2, -0.15) is 0 Å². The summed E-state index contributed by atoms with van der Waals surface area (Å²) in [6.45, 7) is 4.18. The minimum absolute atomic E-state index is 0.359. The smallest absolute Gasteiger partial charge is 0.249 e. The lowest BCUT2D eigenvalue weighted by Crippen LogP contribution is -2.48. The van der Waals surface area contributed by atoms with Gasteiger partial charge in [-0.15, -0.1) is 0 Å². The summed E-state index contributed by atoms with van der Waals surface area (Å²) in [5, 5.41) is 33.0. The molecule has 1 amide bonds. The van der Waals surface area contributed by atoms with Gasteiger partial charge >= 0.3 is 0 Å². The molecule has 0 rings (SSSR count). The average molecular weight is 680 g/mol. The fraction of sp³-hybridized carbons (Fsp3) is 0.930. The molecule has 0 spiro atoms. The molecule has 0 aromatic carbocycles. The largest absolute Gasteiger partial charge is 0.394 e. The van der Waals surface area contributed by atoms with E-state index in [4.69, 9.17) is 0 Å². The highest BCUT2D eigenvalue weighted by atomic mass is 16.3. The molecular formula is C43H85NO4. The highest BCUT2D eigenvalue weighted by Crippen LogP contribution is 2.16. The highest BCUT2D eigenvalue weighted by Gasteiger charge is 2.22. The molecule has 3 unspecified atom stereocenters. The second-order valence-electron chi connectivity index (χ2n) is 14.9. The Balaban J connectivity index is 3.60. The van der Waals surface area contributed by atoms with Crippen molar-refractivity contribution < 1.29 is 20.1 Å². The van der Waals surface area contributed by atoms with Crippen LogP contribution in [0.2, 0.25) is 0 Å². The monoisotopic (exact) mass is 680 g/mol. The Morgan fingerprint density at radius 1 is 0.500 bits per heavy atom. The molecular weight excluding hydrogens is 594 g/mol. The zero-order valence-electron chi connectivity index (χ0n) is 32.4. The quantitative estimate of drug-likeness (QED) is 0.0384. The van der Waals surface area contributed by atoms with Crippen LogP contribution in [0.25, 0.3) is 0 Å². The lowest BCUT2D eigenvalue weighted by Gasteiger charge is -2.21. The number of nitrogens with one attached hydrogen (secondary N) is 1. The van der Waals surface area contributed by atoms with Crippen LogP contribution < -0.4 is 5.32 Å². The molecule has 0 bridgehead atoms. The molecule has 0 saturated heterocycles. The molecule has 4 N–H and O–H groups in total. The summed E-state index contributed by atoms with van der Waals surface area (Å²) in [6, 6.07) is -0.791. The summed E-state index contributed by atoms with van der Waals surface area (Å²) in [5.41, 5.74) is 0. The van der Waals surface area contributed by atoms with Gasteiger partial charge in [-0.05, 0) is 19.3 Å². The molecule has 5 nitrogen and oxygen atoms in total. The number of unbranched alkanes of at least 4 members (excludes halogenated alkanes) is 31. The van der Waals surface area contributed by atoms with E-state index in [9.17, 15) is 20.1 Å². The fourth-order valence-electron chi connectivity index (χ4n) is 6.71. The van der Waals surface area contributed by atoms with Crippen molar-refractivity contribution in [2.45, 2.75) is 250 Å². The van der Waals surface area contributed by atoms with Crippen LogP contribution in [0.5, 0.6) is 0 Å². The number of carbonyl (C=O) groups excluding carboxylic acids is 1. The number of amides is 1. The van der Waals surface area contributed by atoms with Crippen molar-refractivity contribution in [2.24, 2.45) is 0 Å². The molecule has 0 fully saturated rings. The average Bonchev–Trinajstić information content (AvgIpc) is 3.09. The van der Waals surface area contributed by atoms with Crippen LogP contribution in [0.15, 0.2) is 12.2 Å². The summed E-state index contributed by atoms with van der Waals surface area (Å²) in [4.78, 5) is 12.4. The second-order valence-corrected chi connectivity index (χ2v) is 14.9. The van der Waals surface area contributed by atoms with Crippen LogP contribution in [0, 0.1) is 0 Å². The van der Waals surface area contributed by atoms with Gasteiger partial charge in [-0.1, -0.05) is 225 Å². The summed E-state index contributed by atoms with van der Waals surface area (Å²) < 4.78 is 0. The van der Waals surface area contributed by atoms with E-state index in [-0.39, 0.29) is 6.61 Å². The van der Waals surface area contributed by atoms with E-state index in [2.05, 4.69) is 19.2 Å². The zero-order chi connectivity index (χ0) is 35.2.